The first-order chi connectivity index (χ1) is 13.9. The number of thiophene rings is 1. The number of nitrogens with zero attached hydrogens (tertiary/aromatic N) is 3. The van der Waals surface area contributed by atoms with Crippen molar-refractivity contribution in [3.8, 4) is 11.4 Å². The standard InChI is InChI=1S/C19H20N4O3S3/c1-13-7-8-17(28-13)29(25,26)23-10-4-5-14(11-23)18(24)22-19-21-16(12-27-19)15-6-2-3-9-20-15/h2-3,6-9,12,14H,4-5,10-11H2,1H3,(H,21,22,24). The molecule has 0 spiro atoms. The highest BCUT2D eigenvalue weighted by molar-refractivity contribution is 7.91. The lowest BCUT2D eigenvalue weighted by atomic mass is 9.99. The first-order valence-corrected chi connectivity index (χ1v) is 12.3. The predicted molar refractivity (Wildman–Crippen MR) is 115 cm³/mol. The topological polar surface area (TPSA) is 92.3 Å². The van der Waals surface area contributed by atoms with Crippen molar-refractivity contribution in [1.29, 1.82) is 0 Å². The van der Waals surface area contributed by atoms with Gasteiger partial charge in [0.05, 0.1) is 11.6 Å². The van der Waals surface area contributed by atoms with Gasteiger partial charge in [0.25, 0.3) is 10.0 Å². The summed E-state index contributed by atoms with van der Waals surface area (Å²) >= 11 is 2.59. The SMILES string of the molecule is Cc1ccc(S(=O)(=O)N2CCCC(C(=O)Nc3nc(-c4ccccn4)cs3)C2)s1. The van der Waals surface area contributed by atoms with Crippen LogP contribution in [0.15, 0.2) is 46.1 Å². The molecule has 4 rings (SSSR count). The molecule has 1 fully saturated rings. The molecule has 4 heterocycles. The average Bonchev–Trinajstić information content (AvgIpc) is 3.38. The van der Waals surface area contributed by atoms with E-state index < -0.39 is 15.9 Å². The van der Waals surface area contributed by atoms with E-state index >= 15 is 0 Å². The molecular formula is C19H20N4O3S3. The van der Waals surface area contributed by atoms with Crippen molar-refractivity contribution in [3.63, 3.8) is 0 Å². The number of thiazole rings is 1. The lowest BCUT2D eigenvalue weighted by molar-refractivity contribution is -0.120. The van der Waals surface area contributed by atoms with Gasteiger partial charge < -0.3 is 5.32 Å². The number of piperidine rings is 1. The Morgan fingerprint density at radius 3 is 2.83 bits per heavy atom. The smallest absolute Gasteiger partial charge is 0.252 e. The maximum atomic E-state index is 12.9. The van der Waals surface area contributed by atoms with Crippen LogP contribution in [0, 0.1) is 12.8 Å². The van der Waals surface area contributed by atoms with Crippen molar-refractivity contribution in [3.05, 3.63) is 46.8 Å². The summed E-state index contributed by atoms with van der Waals surface area (Å²) in [5.41, 5.74) is 1.44. The van der Waals surface area contributed by atoms with Gasteiger partial charge in [-0.05, 0) is 44.0 Å². The molecule has 3 aromatic rings. The minimum absolute atomic E-state index is 0.184. The van der Waals surface area contributed by atoms with Crippen molar-refractivity contribution in [1.82, 2.24) is 14.3 Å². The molecule has 1 unspecified atom stereocenters. The number of hydrogen-bond acceptors (Lipinski definition) is 7. The van der Waals surface area contributed by atoms with Crippen molar-refractivity contribution in [2.45, 2.75) is 24.0 Å². The van der Waals surface area contributed by atoms with E-state index in [9.17, 15) is 13.2 Å². The molecule has 1 atom stereocenters. The van der Waals surface area contributed by atoms with Crippen LogP contribution in [-0.2, 0) is 14.8 Å². The van der Waals surface area contributed by atoms with Gasteiger partial charge in [-0.3, -0.25) is 9.78 Å². The lowest BCUT2D eigenvalue weighted by Crippen LogP contribution is -2.43. The van der Waals surface area contributed by atoms with Crippen LogP contribution in [-0.4, -0.2) is 41.7 Å². The largest absolute Gasteiger partial charge is 0.302 e. The Kier molecular flexibility index (Phi) is 5.77. The highest BCUT2D eigenvalue weighted by atomic mass is 32.2. The van der Waals surface area contributed by atoms with Gasteiger partial charge in [-0.15, -0.1) is 22.7 Å². The normalized spacial score (nSPS) is 17.9. The number of aryl methyl sites for hydroxylation is 1. The number of pyridine rings is 1. The van der Waals surface area contributed by atoms with E-state index in [4.69, 9.17) is 0 Å². The molecule has 1 aliphatic rings. The molecular weight excluding hydrogens is 428 g/mol. The third-order valence-electron chi connectivity index (χ3n) is 4.73. The van der Waals surface area contributed by atoms with Crippen molar-refractivity contribution in [2.75, 3.05) is 18.4 Å². The molecule has 7 nitrogen and oxygen atoms in total. The van der Waals surface area contributed by atoms with Crippen LogP contribution in [0.5, 0.6) is 0 Å². The minimum atomic E-state index is -3.56. The fraction of sp³-hybridized carbons (Fsp3) is 0.316. The highest BCUT2D eigenvalue weighted by Crippen LogP contribution is 2.29. The molecule has 1 N–H and O–H groups in total. The monoisotopic (exact) mass is 448 g/mol. The quantitative estimate of drug-likeness (QED) is 0.644. The number of sulfonamides is 1. The van der Waals surface area contributed by atoms with E-state index in [0.717, 1.165) is 10.6 Å². The van der Waals surface area contributed by atoms with E-state index in [2.05, 4.69) is 15.3 Å². The van der Waals surface area contributed by atoms with E-state index in [1.807, 2.05) is 30.5 Å². The van der Waals surface area contributed by atoms with E-state index in [0.29, 0.717) is 34.4 Å². The number of carbonyl (C=O) groups excluding carboxylic acids is 1. The zero-order valence-corrected chi connectivity index (χ0v) is 18.2. The summed E-state index contributed by atoms with van der Waals surface area (Å²) in [7, 11) is -3.56. The third kappa shape index (κ3) is 4.40. The number of anilines is 1. The molecule has 3 aromatic heterocycles. The first kappa shape index (κ1) is 20.1. The highest BCUT2D eigenvalue weighted by Gasteiger charge is 2.34. The third-order valence-corrected chi connectivity index (χ3v) is 8.82. The summed E-state index contributed by atoms with van der Waals surface area (Å²) in [5, 5.41) is 5.17. The second kappa shape index (κ2) is 8.31. The van der Waals surface area contributed by atoms with Crippen molar-refractivity contribution >= 4 is 43.7 Å². The number of aromatic nitrogens is 2. The van der Waals surface area contributed by atoms with Gasteiger partial charge in [0.1, 0.15) is 9.90 Å². The van der Waals surface area contributed by atoms with Crippen LogP contribution in [0.2, 0.25) is 0 Å². The minimum Gasteiger partial charge on any atom is -0.302 e. The van der Waals surface area contributed by atoms with Gasteiger partial charge >= 0.3 is 0 Å². The summed E-state index contributed by atoms with van der Waals surface area (Å²) < 4.78 is 27.5. The molecule has 1 amide bonds. The van der Waals surface area contributed by atoms with Crippen LogP contribution in [0.1, 0.15) is 17.7 Å². The number of nitrogens with one attached hydrogen (secondary N) is 1. The second-order valence-electron chi connectivity index (χ2n) is 6.81. The maximum absolute atomic E-state index is 12.9. The summed E-state index contributed by atoms with van der Waals surface area (Å²) in [6.45, 7) is 2.50. The Hall–Kier alpha value is -2.14. The first-order valence-electron chi connectivity index (χ1n) is 9.18. The fourth-order valence-corrected chi connectivity index (χ4v) is 6.89. The number of amides is 1. The maximum Gasteiger partial charge on any atom is 0.252 e. The van der Waals surface area contributed by atoms with Crippen LogP contribution in [0.3, 0.4) is 0 Å². The van der Waals surface area contributed by atoms with E-state index in [1.54, 1.807) is 18.3 Å². The van der Waals surface area contributed by atoms with Crippen molar-refractivity contribution in [2.24, 2.45) is 5.92 Å². The average molecular weight is 449 g/mol. The molecule has 10 heteroatoms. The number of rotatable bonds is 5. The second-order valence-corrected chi connectivity index (χ2v) is 11.1. The fourth-order valence-electron chi connectivity index (χ4n) is 3.22. The van der Waals surface area contributed by atoms with Crippen LogP contribution in [0.25, 0.3) is 11.4 Å². The van der Waals surface area contributed by atoms with Gasteiger partial charge in [-0.1, -0.05) is 6.07 Å². The summed E-state index contributed by atoms with van der Waals surface area (Å²) in [4.78, 5) is 22.4. The van der Waals surface area contributed by atoms with Gasteiger partial charge in [-0.25, -0.2) is 13.4 Å². The molecule has 29 heavy (non-hydrogen) atoms. The lowest BCUT2D eigenvalue weighted by Gasteiger charge is -2.30. The van der Waals surface area contributed by atoms with Crippen LogP contribution in [0.4, 0.5) is 5.13 Å². The predicted octanol–water partition coefficient (Wildman–Crippen LogP) is 3.61. The number of hydrogen-bond donors (Lipinski definition) is 1. The molecule has 1 aliphatic heterocycles. The molecule has 0 bridgehead atoms. The molecule has 0 aromatic carbocycles. The Bertz CT molecular complexity index is 1110. The van der Waals surface area contributed by atoms with Crippen LogP contribution >= 0.6 is 22.7 Å². The Morgan fingerprint density at radius 2 is 2.10 bits per heavy atom. The molecule has 152 valence electrons. The van der Waals surface area contributed by atoms with Gasteiger partial charge in [0.2, 0.25) is 5.91 Å². The molecule has 1 saturated heterocycles. The molecule has 0 radical (unpaired) electrons. The van der Waals surface area contributed by atoms with Crippen LogP contribution < -0.4 is 5.32 Å². The summed E-state index contributed by atoms with van der Waals surface area (Å²) in [6, 6.07) is 9.00. The molecule has 0 saturated carbocycles. The van der Waals surface area contributed by atoms with E-state index in [1.165, 1.54) is 27.0 Å². The van der Waals surface area contributed by atoms with Gasteiger partial charge in [0, 0.05) is 29.5 Å². The van der Waals surface area contributed by atoms with Crippen molar-refractivity contribution < 1.29 is 13.2 Å². The zero-order valence-electron chi connectivity index (χ0n) is 15.7. The Balaban J connectivity index is 1.44. The summed E-state index contributed by atoms with van der Waals surface area (Å²) in [6.07, 6.45) is 3.00. The van der Waals surface area contributed by atoms with Gasteiger partial charge in [0.15, 0.2) is 5.13 Å². The summed E-state index contributed by atoms with van der Waals surface area (Å²) in [5.74, 6) is -0.601. The molecule has 0 aliphatic carbocycles. The Labute approximate surface area is 177 Å². The number of carbonyl (C=O) groups is 1. The van der Waals surface area contributed by atoms with Gasteiger partial charge in [-0.2, -0.15) is 4.31 Å². The zero-order chi connectivity index (χ0) is 20.4. The Morgan fingerprint density at radius 1 is 1.24 bits per heavy atom. The van der Waals surface area contributed by atoms with E-state index in [-0.39, 0.29) is 12.5 Å².